The van der Waals surface area contributed by atoms with Crippen molar-refractivity contribution in [3.8, 4) is 0 Å². The van der Waals surface area contributed by atoms with E-state index in [1.807, 2.05) is 6.92 Å². The van der Waals surface area contributed by atoms with Gasteiger partial charge in [-0.3, -0.25) is 9.69 Å². The zero-order chi connectivity index (χ0) is 15.5. The first-order chi connectivity index (χ1) is 10.2. The fourth-order valence-corrected chi connectivity index (χ4v) is 2.91. The highest BCUT2D eigenvalue weighted by Gasteiger charge is 2.29. The Hall–Kier alpha value is -0.650. The lowest BCUT2D eigenvalue weighted by Crippen LogP contribution is -2.47. The molecule has 1 rings (SSSR count). The van der Waals surface area contributed by atoms with Crippen LogP contribution in [-0.4, -0.2) is 63.4 Å². The Bertz CT molecular complexity index is 279. The highest BCUT2D eigenvalue weighted by Crippen LogP contribution is 2.21. The van der Waals surface area contributed by atoms with E-state index in [1.54, 1.807) is 7.11 Å². The molecule has 5 heteroatoms. The maximum Gasteiger partial charge on any atom is 0.323 e. The maximum atomic E-state index is 12.1. The molecule has 0 saturated carbocycles. The third-order valence-corrected chi connectivity index (χ3v) is 4.13. The van der Waals surface area contributed by atoms with Crippen LogP contribution in [0.1, 0.15) is 39.5 Å². The first kappa shape index (κ1) is 18.4. The van der Waals surface area contributed by atoms with Crippen LogP contribution in [-0.2, 0) is 14.3 Å². The van der Waals surface area contributed by atoms with Gasteiger partial charge in [0.25, 0.3) is 0 Å². The summed E-state index contributed by atoms with van der Waals surface area (Å²) in [6, 6.07) is -0.0441. The normalized spacial score (nSPS) is 18.6. The van der Waals surface area contributed by atoms with Crippen molar-refractivity contribution < 1.29 is 14.3 Å². The number of esters is 1. The molecule has 1 atom stereocenters. The Labute approximate surface area is 129 Å². The fourth-order valence-electron chi connectivity index (χ4n) is 2.91. The van der Waals surface area contributed by atoms with Gasteiger partial charge in [-0.15, -0.1) is 0 Å². The standard InChI is InChI=1S/C16H32N2O3/c1-4-6-15(16(19)21-5-2)18-10-7-14(8-11-18)13-17-9-12-20-3/h14-15,17H,4-13H2,1-3H3. The van der Waals surface area contributed by atoms with E-state index in [-0.39, 0.29) is 12.0 Å². The number of ether oxygens (including phenoxy) is 2. The number of likely N-dealkylation sites (tertiary alicyclic amines) is 1. The van der Waals surface area contributed by atoms with Gasteiger partial charge in [-0.25, -0.2) is 0 Å². The van der Waals surface area contributed by atoms with E-state index in [0.29, 0.717) is 12.5 Å². The molecule has 0 bridgehead atoms. The van der Waals surface area contributed by atoms with Gasteiger partial charge < -0.3 is 14.8 Å². The molecule has 1 aliphatic rings. The molecule has 0 aromatic heterocycles. The first-order valence-corrected chi connectivity index (χ1v) is 8.33. The van der Waals surface area contributed by atoms with Crippen LogP contribution in [0.5, 0.6) is 0 Å². The van der Waals surface area contributed by atoms with Crippen molar-refractivity contribution in [3.63, 3.8) is 0 Å². The predicted molar refractivity (Wildman–Crippen MR) is 84.4 cm³/mol. The summed E-state index contributed by atoms with van der Waals surface area (Å²) in [4.78, 5) is 14.4. The van der Waals surface area contributed by atoms with Crippen LogP contribution in [0.15, 0.2) is 0 Å². The molecule has 0 aromatic carbocycles. The number of carbonyl (C=O) groups is 1. The molecule has 0 amide bonds. The average Bonchev–Trinajstić information content (AvgIpc) is 2.50. The second-order valence-electron chi connectivity index (χ2n) is 5.73. The minimum Gasteiger partial charge on any atom is -0.465 e. The Morgan fingerprint density at radius 1 is 1.33 bits per heavy atom. The summed E-state index contributed by atoms with van der Waals surface area (Å²) >= 11 is 0. The zero-order valence-electron chi connectivity index (χ0n) is 13.9. The monoisotopic (exact) mass is 300 g/mol. The molecular formula is C16H32N2O3. The lowest BCUT2D eigenvalue weighted by atomic mass is 9.95. The van der Waals surface area contributed by atoms with E-state index in [1.165, 1.54) is 0 Å². The molecule has 1 fully saturated rings. The Morgan fingerprint density at radius 3 is 2.62 bits per heavy atom. The van der Waals surface area contributed by atoms with Crippen LogP contribution in [0.2, 0.25) is 0 Å². The number of hydrogen-bond donors (Lipinski definition) is 1. The van der Waals surface area contributed by atoms with Gasteiger partial charge in [0.05, 0.1) is 13.2 Å². The highest BCUT2D eigenvalue weighted by molar-refractivity contribution is 5.75. The van der Waals surface area contributed by atoms with E-state index in [0.717, 1.165) is 58.5 Å². The van der Waals surface area contributed by atoms with Crippen molar-refractivity contribution in [2.45, 2.75) is 45.6 Å². The molecule has 0 radical (unpaired) electrons. The predicted octanol–water partition coefficient (Wildman–Crippen LogP) is 1.67. The summed E-state index contributed by atoms with van der Waals surface area (Å²) in [5.41, 5.74) is 0. The lowest BCUT2D eigenvalue weighted by Gasteiger charge is -2.36. The summed E-state index contributed by atoms with van der Waals surface area (Å²) in [7, 11) is 1.73. The third kappa shape index (κ3) is 6.76. The van der Waals surface area contributed by atoms with Crippen molar-refractivity contribution in [2.75, 3.05) is 46.5 Å². The van der Waals surface area contributed by atoms with Gasteiger partial charge in [-0.05, 0) is 51.7 Å². The SMILES string of the molecule is CCCC(C(=O)OCC)N1CCC(CNCCOC)CC1. The van der Waals surface area contributed by atoms with Gasteiger partial charge >= 0.3 is 5.97 Å². The molecule has 1 N–H and O–H groups in total. The number of piperidine rings is 1. The van der Waals surface area contributed by atoms with Gasteiger partial charge in [0.2, 0.25) is 0 Å². The number of rotatable bonds is 10. The minimum absolute atomic E-state index is 0.0441. The largest absolute Gasteiger partial charge is 0.465 e. The molecule has 1 aliphatic heterocycles. The molecule has 1 unspecified atom stereocenters. The molecule has 1 saturated heterocycles. The summed E-state index contributed by atoms with van der Waals surface area (Å²) in [5, 5.41) is 3.43. The van der Waals surface area contributed by atoms with E-state index < -0.39 is 0 Å². The molecule has 0 spiro atoms. The topological polar surface area (TPSA) is 50.8 Å². The maximum absolute atomic E-state index is 12.1. The Balaban J connectivity index is 2.33. The van der Waals surface area contributed by atoms with Crippen LogP contribution in [0.25, 0.3) is 0 Å². The third-order valence-electron chi connectivity index (χ3n) is 4.13. The zero-order valence-corrected chi connectivity index (χ0v) is 13.9. The molecule has 0 aromatic rings. The lowest BCUT2D eigenvalue weighted by molar-refractivity contribution is -0.150. The minimum atomic E-state index is -0.0454. The van der Waals surface area contributed by atoms with E-state index in [2.05, 4.69) is 17.1 Å². The number of carbonyl (C=O) groups excluding carboxylic acids is 1. The number of nitrogens with one attached hydrogen (secondary N) is 1. The Morgan fingerprint density at radius 2 is 2.05 bits per heavy atom. The van der Waals surface area contributed by atoms with Crippen LogP contribution >= 0.6 is 0 Å². The highest BCUT2D eigenvalue weighted by atomic mass is 16.5. The first-order valence-electron chi connectivity index (χ1n) is 8.33. The van der Waals surface area contributed by atoms with Crippen molar-refractivity contribution in [1.82, 2.24) is 10.2 Å². The smallest absolute Gasteiger partial charge is 0.323 e. The van der Waals surface area contributed by atoms with Gasteiger partial charge in [0, 0.05) is 13.7 Å². The summed E-state index contributed by atoms with van der Waals surface area (Å²) in [6.45, 7) is 9.20. The van der Waals surface area contributed by atoms with Crippen LogP contribution < -0.4 is 5.32 Å². The Kier molecular flexibility index (Phi) is 9.63. The number of hydrogen-bond acceptors (Lipinski definition) is 5. The molecule has 5 nitrogen and oxygen atoms in total. The molecule has 124 valence electrons. The van der Waals surface area contributed by atoms with E-state index in [4.69, 9.17) is 9.47 Å². The quantitative estimate of drug-likeness (QED) is 0.491. The van der Waals surface area contributed by atoms with E-state index in [9.17, 15) is 4.79 Å². The van der Waals surface area contributed by atoms with Crippen LogP contribution in [0.3, 0.4) is 0 Å². The summed E-state index contributed by atoms with van der Waals surface area (Å²) < 4.78 is 10.3. The van der Waals surface area contributed by atoms with Crippen molar-refractivity contribution >= 4 is 5.97 Å². The van der Waals surface area contributed by atoms with Crippen LogP contribution in [0, 0.1) is 5.92 Å². The number of nitrogens with zero attached hydrogens (tertiary/aromatic N) is 1. The van der Waals surface area contributed by atoms with Crippen molar-refractivity contribution in [3.05, 3.63) is 0 Å². The molecule has 0 aliphatic carbocycles. The molecular weight excluding hydrogens is 268 g/mol. The summed E-state index contributed by atoms with van der Waals surface area (Å²) in [5.74, 6) is 0.665. The number of methoxy groups -OCH3 is 1. The molecule has 1 heterocycles. The van der Waals surface area contributed by atoms with Gasteiger partial charge in [-0.2, -0.15) is 0 Å². The fraction of sp³-hybridized carbons (Fsp3) is 0.938. The van der Waals surface area contributed by atoms with Crippen LogP contribution in [0.4, 0.5) is 0 Å². The second-order valence-corrected chi connectivity index (χ2v) is 5.73. The van der Waals surface area contributed by atoms with E-state index >= 15 is 0 Å². The van der Waals surface area contributed by atoms with Crippen molar-refractivity contribution in [2.24, 2.45) is 5.92 Å². The average molecular weight is 300 g/mol. The van der Waals surface area contributed by atoms with Crippen molar-refractivity contribution in [1.29, 1.82) is 0 Å². The van der Waals surface area contributed by atoms with Gasteiger partial charge in [0.1, 0.15) is 6.04 Å². The van der Waals surface area contributed by atoms with Gasteiger partial charge in [0.15, 0.2) is 0 Å². The molecule has 21 heavy (non-hydrogen) atoms. The van der Waals surface area contributed by atoms with Gasteiger partial charge in [-0.1, -0.05) is 13.3 Å². The second kappa shape index (κ2) is 11.0. The summed E-state index contributed by atoms with van der Waals surface area (Å²) in [6.07, 6.45) is 4.22.